The lowest BCUT2D eigenvalue weighted by molar-refractivity contribution is -0.143. The van der Waals surface area contributed by atoms with E-state index in [1.807, 2.05) is 66.2 Å². The molecule has 10 heteroatoms. The second-order valence-corrected chi connectivity index (χ2v) is 9.11. The molecule has 0 amide bonds. The third-order valence-electron chi connectivity index (χ3n) is 6.42. The van der Waals surface area contributed by atoms with E-state index in [0.29, 0.717) is 25.1 Å². The van der Waals surface area contributed by atoms with Gasteiger partial charge < -0.3 is 20.8 Å². The quantitative estimate of drug-likeness (QED) is 0.120. The van der Waals surface area contributed by atoms with Gasteiger partial charge in [0.2, 0.25) is 0 Å². The number of benzene rings is 2. The first-order valence-corrected chi connectivity index (χ1v) is 12.7. The molecule has 0 saturated heterocycles. The fourth-order valence-electron chi connectivity index (χ4n) is 4.44. The molecule has 3 aromatic heterocycles. The Balaban J connectivity index is 1.43. The van der Waals surface area contributed by atoms with Crippen LogP contribution in [0.4, 0.5) is 5.69 Å². The molecule has 0 atom stereocenters. The number of nitrogens with one attached hydrogen (secondary N) is 3. The van der Waals surface area contributed by atoms with E-state index in [1.54, 1.807) is 19.3 Å². The zero-order chi connectivity index (χ0) is 27.4. The van der Waals surface area contributed by atoms with Crippen LogP contribution in [-0.2, 0) is 22.5 Å². The van der Waals surface area contributed by atoms with Crippen molar-refractivity contribution in [1.82, 2.24) is 24.7 Å². The highest BCUT2D eigenvalue weighted by Gasteiger charge is 2.17. The van der Waals surface area contributed by atoms with Gasteiger partial charge in [-0.1, -0.05) is 0 Å². The van der Waals surface area contributed by atoms with Crippen LogP contribution in [0.2, 0.25) is 0 Å². The van der Waals surface area contributed by atoms with Crippen LogP contribution in [0, 0.1) is 12.3 Å². The van der Waals surface area contributed by atoms with Gasteiger partial charge in [0.1, 0.15) is 11.7 Å². The van der Waals surface area contributed by atoms with E-state index in [0.717, 1.165) is 50.7 Å². The van der Waals surface area contributed by atoms with Crippen molar-refractivity contribution in [2.45, 2.75) is 33.2 Å². The lowest BCUT2D eigenvalue weighted by atomic mass is 10.1. The topological polar surface area (TPSA) is 148 Å². The Morgan fingerprint density at radius 3 is 2.72 bits per heavy atom. The van der Waals surface area contributed by atoms with E-state index in [9.17, 15) is 4.79 Å². The van der Waals surface area contributed by atoms with E-state index in [4.69, 9.17) is 26.0 Å². The molecule has 5 N–H and O–H groups in total. The summed E-state index contributed by atoms with van der Waals surface area (Å²) in [5.41, 5.74) is 13.4. The summed E-state index contributed by atoms with van der Waals surface area (Å²) in [6.45, 7) is 4.70. The minimum atomic E-state index is -0.236. The molecule has 0 saturated carbocycles. The number of rotatable bonds is 10. The van der Waals surface area contributed by atoms with Crippen molar-refractivity contribution in [3.63, 3.8) is 0 Å². The molecular weight excluding hydrogens is 492 g/mol. The van der Waals surface area contributed by atoms with Gasteiger partial charge in [-0.25, -0.2) is 9.67 Å². The Kier molecular flexibility index (Phi) is 7.35. The van der Waals surface area contributed by atoms with Crippen molar-refractivity contribution in [3.05, 3.63) is 89.6 Å². The Hall–Kier alpha value is -4.99. The number of H-pyrrole nitrogens is 1. The second-order valence-electron chi connectivity index (χ2n) is 9.11. The number of anilines is 1. The molecule has 0 spiro atoms. The lowest BCUT2D eigenvalue weighted by Gasteiger charge is -2.10. The number of ether oxygens (including phenoxy) is 1. The van der Waals surface area contributed by atoms with Crippen molar-refractivity contribution in [1.29, 1.82) is 5.41 Å². The molecule has 0 aliphatic rings. The highest BCUT2D eigenvalue weighted by Crippen LogP contribution is 2.29. The molecule has 39 heavy (non-hydrogen) atoms. The number of amidine groups is 1. The van der Waals surface area contributed by atoms with Gasteiger partial charge in [0.05, 0.1) is 47.7 Å². The smallest absolute Gasteiger partial charge is 0.306 e. The highest BCUT2D eigenvalue weighted by molar-refractivity contribution is 5.95. The van der Waals surface area contributed by atoms with Crippen molar-refractivity contribution >= 4 is 28.5 Å². The first-order chi connectivity index (χ1) is 18.9. The Morgan fingerprint density at radius 2 is 2.00 bits per heavy atom. The molecule has 5 aromatic rings. The number of pyridine rings is 1. The van der Waals surface area contributed by atoms with Crippen LogP contribution in [0.1, 0.15) is 36.0 Å². The van der Waals surface area contributed by atoms with Crippen LogP contribution < -0.4 is 11.1 Å². The van der Waals surface area contributed by atoms with Crippen LogP contribution in [0.5, 0.6) is 0 Å². The average molecular weight is 523 g/mol. The van der Waals surface area contributed by atoms with Crippen LogP contribution in [0.3, 0.4) is 0 Å². The second kappa shape index (κ2) is 11.2. The number of nitrogen functional groups attached to an aromatic ring is 1. The third-order valence-corrected chi connectivity index (χ3v) is 6.42. The largest absolute Gasteiger partial charge is 0.466 e. The highest BCUT2D eigenvalue weighted by atomic mass is 16.5. The Labute approximate surface area is 225 Å². The van der Waals surface area contributed by atoms with E-state index in [-0.39, 0.29) is 18.2 Å². The van der Waals surface area contributed by atoms with Gasteiger partial charge in [-0.15, -0.1) is 0 Å². The van der Waals surface area contributed by atoms with Crippen LogP contribution in [0.15, 0.2) is 67.0 Å². The molecule has 0 fully saturated rings. The number of aromatic amines is 1. The van der Waals surface area contributed by atoms with Gasteiger partial charge in [-0.2, -0.15) is 5.10 Å². The molecule has 0 bridgehead atoms. The first kappa shape index (κ1) is 25.7. The fraction of sp³-hybridized carbons (Fsp3) is 0.207. The predicted molar refractivity (Wildman–Crippen MR) is 151 cm³/mol. The third kappa shape index (κ3) is 5.64. The summed E-state index contributed by atoms with van der Waals surface area (Å²) < 4.78 is 6.99. The molecule has 2 aromatic carbocycles. The molecule has 3 heterocycles. The van der Waals surface area contributed by atoms with Gasteiger partial charge in [-0.05, 0) is 68.4 Å². The maximum absolute atomic E-state index is 11.9. The zero-order valence-corrected chi connectivity index (χ0v) is 21.9. The van der Waals surface area contributed by atoms with Gasteiger partial charge in [0, 0.05) is 41.2 Å². The molecule has 5 rings (SSSR count). The summed E-state index contributed by atoms with van der Waals surface area (Å²) in [6.07, 6.45) is 4.28. The summed E-state index contributed by atoms with van der Waals surface area (Å²) in [5.74, 6) is 0.601. The van der Waals surface area contributed by atoms with Crippen molar-refractivity contribution in [2.75, 3.05) is 11.9 Å². The first-order valence-electron chi connectivity index (χ1n) is 12.7. The number of esters is 1. The number of carbonyl (C=O) groups is 1. The number of nitrogens with two attached hydrogens (primary N) is 1. The summed E-state index contributed by atoms with van der Waals surface area (Å²) in [4.78, 5) is 24.5. The van der Waals surface area contributed by atoms with Gasteiger partial charge in [0.25, 0.3) is 0 Å². The molecule has 10 nitrogen and oxygen atoms in total. The Morgan fingerprint density at radius 1 is 1.18 bits per heavy atom. The number of hydrogen-bond acceptors (Lipinski definition) is 7. The standard InChI is InChI=1S/C29H30N8O2/c1-3-39-27(38)13-10-22-15-25(20-5-4-14-32-16-20)37(36-22)24-12-11-23-28(18(24)2)35-26(34-23)17-33-21-8-6-19(7-9-21)29(30)31/h4-9,11-12,14-16,33H,3,10,13,17H2,1-2H3,(H3,30,31)(H,34,35). The summed E-state index contributed by atoms with van der Waals surface area (Å²) in [6, 6.07) is 17.3. The van der Waals surface area contributed by atoms with Gasteiger partial charge in [-0.3, -0.25) is 15.2 Å². The number of imidazole rings is 1. The number of aromatic nitrogens is 5. The summed E-state index contributed by atoms with van der Waals surface area (Å²) in [5, 5.41) is 15.8. The predicted octanol–water partition coefficient (Wildman–Crippen LogP) is 4.51. The van der Waals surface area contributed by atoms with Crippen molar-refractivity contribution < 1.29 is 9.53 Å². The van der Waals surface area contributed by atoms with E-state index in [1.165, 1.54) is 0 Å². The van der Waals surface area contributed by atoms with E-state index in [2.05, 4.69) is 15.3 Å². The summed E-state index contributed by atoms with van der Waals surface area (Å²) >= 11 is 0. The van der Waals surface area contributed by atoms with E-state index < -0.39 is 0 Å². The monoisotopic (exact) mass is 522 g/mol. The van der Waals surface area contributed by atoms with Crippen molar-refractivity contribution in [3.8, 4) is 16.9 Å². The van der Waals surface area contributed by atoms with Crippen LogP contribution in [-0.4, -0.2) is 43.1 Å². The van der Waals surface area contributed by atoms with E-state index >= 15 is 0 Å². The van der Waals surface area contributed by atoms with Gasteiger partial charge >= 0.3 is 5.97 Å². The molecule has 0 radical (unpaired) electrons. The molecule has 0 aliphatic heterocycles. The zero-order valence-electron chi connectivity index (χ0n) is 21.9. The SMILES string of the molecule is CCOC(=O)CCc1cc(-c2cccnc2)n(-c2ccc3[nH]c(CNc4ccc(C(=N)N)cc4)nc3c2C)n1. The number of nitrogens with zero attached hydrogens (tertiary/aromatic N) is 4. The fourth-order valence-corrected chi connectivity index (χ4v) is 4.44. The minimum Gasteiger partial charge on any atom is -0.466 e. The van der Waals surface area contributed by atoms with Crippen molar-refractivity contribution in [2.24, 2.45) is 5.73 Å². The number of aryl methyl sites for hydroxylation is 2. The molecular formula is C29H30N8O2. The number of fused-ring (bicyclic) bond motifs is 1. The number of hydrogen-bond donors (Lipinski definition) is 4. The average Bonchev–Trinajstić information content (AvgIpc) is 3.57. The maximum atomic E-state index is 11.9. The van der Waals surface area contributed by atoms with Crippen LogP contribution in [0.25, 0.3) is 28.0 Å². The summed E-state index contributed by atoms with van der Waals surface area (Å²) in [7, 11) is 0. The maximum Gasteiger partial charge on any atom is 0.306 e. The normalized spacial score (nSPS) is 11.0. The van der Waals surface area contributed by atoms with Crippen LogP contribution >= 0.6 is 0 Å². The Bertz CT molecular complexity index is 1620. The molecule has 0 unspecified atom stereocenters. The molecule has 198 valence electrons. The van der Waals surface area contributed by atoms with Gasteiger partial charge in [0.15, 0.2) is 0 Å². The molecule has 0 aliphatic carbocycles. The lowest BCUT2D eigenvalue weighted by Crippen LogP contribution is -2.10. The number of carbonyl (C=O) groups excluding carboxylic acids is 1. The minimum absolute atomic E-state index is 0.0418.